The van der Waals surface area contributed by atoms with Gasteiger partial charge in [-0.15, -0.1) is 0 Å². The molecule has 0 aromatic heterocycles. The number of anilines is 1. The molecule has 0 aliphatic heterocycles. The van der Waals surface area contributed by atoms with Crippen molar-refractivity contribution < 1.29 is 4.79 Å². The Kier molecular flexibility index (Phi) is 3.92. The number of amides is 1. The molecule has 5 heteroatoms. The molecule has 0 radical (unpaired) electrons. The van der Waals surface area contributed by atoms with Crippen LogP contribution in [0.3, 0.4) is 0 Å². The molecule has 0 saturated carbocycles. The fraction of sp³-hybridized carbons (Fsp3) is 0.0667. The summed E-state index contributed by atoms with van der Waals surface area (Å²) >= 11 is 6.13. The molecular weight excluding hydrogens is 274 g/mol. The Morgan fingerprint density at radius 1 is 1.30 bits per heavy atom. The van der Waals surface area contributed by atoms with Gasteiger partial charge < -0.3 is 11.5 Å². The number of nitrogen functional groups attached to an aromatic ring is 1. The van der Waals surface area contributed by atoms with Crippen molar-refractivity contribution in [3.8, 4) is 6.07 Å². The summed E-state index contributed by atoms with van der Waals surface area (Å²) in [6, 6.07) is 12.0. The van der Waals surface area contributed by atoms with E-state index >= 15 is 0 Å². The predicted octanol–water partition coefficient (Wildman–Crippen LogP) is 2.48. The molecule has 0 saturated heterocycles. The normalized spacial score (nSPS) is 10.0. The zero-order chi connectivity index (χ0) is 14.7. The molecule has 4 N–H and O–H groups in total. The fourth-order valence-electron chi connectivity index (χ4n) is 1.99. The maximum atomic E-state index is 11.4. The van der Waals surface area contributed by atoms with Crippen LogP contribution in [0, 0.1) is 11.3 Å². The fourth-order valence-corrected chi connectivity index (χ4v) is 2.23. The summed E-state index contributed by atoms with van der Waals surface area (Å²) in [5.74, 6) is -0.533. The molecule has 0 bridgehead atoms. The van der Waals surface area contributed by atoms with Crippen molar-refractivity contribution in [2.45, 2.75) is 6.42 Å². The first-order chi connectivity index (χ1) is 9.52. The van der Waals surface area contributed by atoms with Gasteiger partial charge in [0.2, 0.25) is 5.91 Å². The first-order valence-electron chi connectivity index (χ1n) is 5.88. The standard InChI is InChI=1S/C15H12ClN3O/c16-13-3-1-2-11(15(19)20)12(13)7-10-5-4-9(8-17)6-14(10)18/h1-6H,7,18H2,(H2,19,20). The van der Waals surface area contributed by atoms with E-state index in [0.717, 1.165) is 5.56 Å². The second-order valence-corrected chi connectivity index (χ2v) is 4.74. The first-order valence-corrected chi connectivity index (χ1v) is 6.26. The molecule has 2 aromatic rings. The minimum absolute atomic E-state index is 0.376. The lowest BCUT2D eigenvalue weighted by molar-refractivity contribution is 0.0999. The molecule has 2 aromatic carbocycles. The molecule has 4 nitrogen and oxygen atoms in total. The lowest BCUT2D eigenvalue weighted by Gasteiger charge is -2.11. The SMILES string of the molecule is N#Cc1ccc(Cc2c(Cl)cccc2C(N)=O)c(N)c1. The van der Waals surface area contributed by atoms with Crippen molar-refractivity contribution in [2.75, 3.05) is 5.73 Å². The van der Waals surface area contributed by atoms with Crippen LogP contribution < -0.4 is 11.5 Å². The zero-order valence-electron chi connectivity index (χ0n) is 10.6. The monoisotopic (exact) mass is 285 g/mol. The summed E-state index contributed by atoms with van der Waals surface area (Å²) in [7, 11) is 0. The third kappa shape index (κ3) is 2.73. The van der Waals surface area contributed by atoms with Crippen LogP contribution in [0.4, 0.5) is 5.69 Å². The number of rotatable bonds is 3. The summed E-state index contributed by atoms with van der Waals surface area (Å²) in [6.07, 6.45) is 0.384. The van der Waals surface area contributed by atoms with Gasteiger partial charge in [-0.1, -0.05) is 23.7 Å². The molecule has 20 heavy (non-hydrogen) atoms. The molecule has 0 atom stereocenters. The lowest BCUT2D eigenvalue weighted by Crippen LogP contribution is -2.14. The number of nitrogens with two attached hydrogens (primary N) is 2. The highest BCUT2D eigenvalue weighted by atomic mass is 35.5. The molecule has 2 rings (SSSR count). The van der Waals surface area contributed by atoms with E-state index in [1.165, 1.54) is 0 Å². The third-order valence-electron chi connectivity index (χ3n) is 3.03. The number of halogens is 1. The van der Waals surface area contributed by atoms with Crippen LogP contribution in [0.25, 0.3) is 0 Å². The van der Waals surface area contributed by atoms with Gasteiger partial charge in [-0.25, -0.2) is 0 Å². The van der Waals surface area contributed by atoms with E-state index in [2.05, 4.69) is 0 Å². The van der Waals surface area contributed by atoms with Crippen LogP contribution >= 0.6 is 11.6 Å². The second-order valence-electron chi connectivity index (χ2n) is 4.33. The second kappa shape index (κ2) is 5.64. The molecule has 0 fully saturated rings. The molecule has 0 aliphatic carbocycles. The maximum Gasteiger partial charge on any atom is 0.249 e. The molecule has 0 spiro atoms. The quantitative estimate of drug-likeness (QED) is 0.848. The van der Waals surface area contributed by atoms with Gasteiger partial charge in [0.1, 0.15) is 0 Å². The molecule has 0 aliphatic rings. The van der Waals surface area contributed by atoms with Crippen LogP contribution in [-0.2, 0) is 6.42 Å². The molecule has 0 heterocycles. The number of hydrogen-bond acceptors (Lipinski definition) is 3. The third-order valence-corrected chi connectivity index (χ3v) is 3.38. The van der Waals surface area contributed by atoms with Crippen LogP contribution in [0.1, 0.15) is 27.0 Å². The first kappa shape index (κ1) is 13.9. The Hall–Kier alpha value is -2.51. The minimum atomic E-state index is -0.533. The number of hydrogen-bond donors (Lipinski definition) is 2. The smallest absolute Gasteiger partial charge is 0.249 e. The summed E-state index contributed by atoms with van der Waals surface area (Å²) < 4.78 is 0. The summed E-state index contributed by atoms with van der Waals surface area (Å²) in [5.41, 5.74) is 14.0. The van der Waals surface area contributed by atoms with Gasteiger partial charge in [-0.3, -0.25) is 4.79 Å². The van der Waals surface area contributed by atoms with E-state index in [9.17, 15) is 4.79 Å². The Balaban J connectivity index is 2.45. The highest BCUT2D eigenvalue weighted by Crippen LogP contribution is 2.26. The van der Waals surface area contributed by atoms with Gasteiger partial charge in [0.15, 0.2) is 0 Å². The van der Waals surface area contributed by atoms with Crippen molar-refractivity contribution in [3.05, 3.63) is 63.7 Å². The van der Waals surface area contributed by atoms with Gasteiger partial charge in [-0.2, -0.15) is 5.26 Å². The number of carbonyl (C=O) groups is 1. The van der Waals surface area contributed by atoms with Crippen molar-refractivity contribution in [3.63, 3.8) is 0 Å². The van der Waals surface area contributed by atoms with Gasteiger partial charge in [0.05, 0.1) is 11.6 Å². The molecular formula is C15H12ClN3O. The number of carbonyl (C=O) groups excluding carboxylic acids is 1. The van der Waals surface area contributed by atoms with Crippen LogP contribution in [0.2, 0.25) is 5.02 Å². The predicted molar refractivity (Wildman–Crippen MR) is 78.3 cm³/mol. The molecule has 100 valence electrons. The van der Waals surface area contributed by atoms with E-state index in [1.807, 2.05) is 6.07 Å². The topological polar surface area (TPSA) is 92.9 Å². The highest BCUT2D eigenvalue weighted by molar-refractivity contribution is 6.31. The van der Waals surface area contributed by atoms with E-state index in [-0.39, 0.29) is 0 Å². The Bertz CT molecular complexity index is 720. The van der Waals surface area contributed by atoms with Gasteiger partial charge in [0.25, 0.3) is 0 Å². The summed E-state index contributed by atoms with van der Waals surface area (Å²) in [6.45, 7) is 0. The molecule has 0 unspecified atom stereocenters. The Morgan fingerprint density at radius 2 is 2.05 bits per heavy atom. The van der Waals surface area contributed by atoms with E-state index < -0.39 is 5.91 Å². The number of primary amides is 1. The number of nitrogens with zero attached hydrogens (tertiary/aromatic N) is 1. The minimum Gasteiger partial charge on any atom is -0.398 e. The van der Waals surface area contributed by atoms with E-state index in [0.29, 0.717) is 33.8 Å². The van der Waals surface area contributed by atoms with Gasteiger partial charge in [0, 0.05) is 22.7 Å². The van der Waals surface area contributed by atoms with Crippen LogP contribution in [-0.4, -0.2) is 5.91 Å². The summed E-state index contributed by atoms with van der Waals surface area (Å²) in [5, 5.41) is 9.28. The van der Waals surface area contributed by atoms with Gasteiger partial charge in [-0.05, 0) is 35.4 Å². The van der Waals surface area contributed by atoms with E-state index in [1.54, 1.807) is 36.4 Å². The van der Waals surface area contributed by atoms with Crippen LogP contribution in [0.5, 0.6) is 0 Å². The summed E-state index contributed by atoms with van der Waals surface area (Å²) in [4.78, 5) is 11.4. The lowest BCUT2D eigenvalue weighted by atomic mass is 9.97. The van der Waals surface area contributed by atoms with Crippen LogP contribution in [0.15, 0.2) is 36.4 Å². The molecule has 1 amide bonds. The van der Waals surface area contributed by atoms with Crippen molar-refractivity contribution in [1.29, 1.82) is 5.26 Å². The van der Waals surface area contributed by atoms with Crippen molar-refractivity contribution in [2.24, 2.45) is 5.73 Å². The number of nitriles is 1. The Labute approximate surface area is 121 Å². The highest BCUT2D eigenvalue weighted by Gasteiger charge is 2.13. The van der Waals surface area contributed by atoms with Gasteiger partial charge >= 0.3 is 0 Å². The van der Waals surface area contributed by atoms with E-state index in [4.69, 9.17) is 28.3 Å². The van der Waals surface area contributed by atoms with Crippen molar-refractivity contribution in [1.82, 2.24) is 0 Å². The van der Waals surface area contributed by atoms with Crippen molar-refractivity contribution >= 4 is 23.2 Å². The number of benzene rings is 2. The Morgan fingerprint density at radius 3 is 2.65 bits per heavy atom. The average Bonchev–Trinajstić information content (AvgIpc) is 2.42. The zero-order valence-corrected chi connectivity index (χ0v) is 11.3. The average molecular weight is 286 g/mol. The largest absolute Gasteiger partial charge is 0.398 e. The maximum absolute atomic E-state index is 11.4.